The molecule has 0 unspecified atom stereocenters. The Labute approximate surface area is 137 Å². The van der Waals surface area contributed by atoms with Crippen LogP contribution in [-0.4, -0.2) is 26.7 Å². The van der Waals surface area contributed by atoms with Gasteiger partial charge in [0.25, 0.3) is 0 Å². The van der Waals surface area contributed by atoms with Crippen LogP contribution in [0.25, 0.3) is 5.65 Å². The Morgan fingerprint density at radius 3 is 2.83 bits per heavy atom. The second-order valence-corrected chi connectivity index (χ2v) is 7.40. The summed E-state index contributed by atoms with van der Waals surface area (Å²) in [4.78, 5) is 4.95. The first-order chi connectivity index (χ1) is 11.2. The van der Waals surface area contributed by atoms with Crippen molar-refractivity contribution in [2.75, 3.05) is 5.32 Å². The molecular weight excluding hydrogens is 286 g/mol. The molecule has 2 aromatic heterocycles. The third-order valence-corrected chi connectivity index (χ3v) is 5.50. The van der Waals surface area contributed by atoms with E-state index in [4.69, 9.17) is 10.7 Å². The van der Waals surface area contributed by atoms with Gasteiger partial charge in [-0.25, -0.2) is 4.98 Å². The van der Waals surface area contributed by atoms with Crippen LogP contribution in [0, 0.1) is 12.8 Å². The van der Waals surface area contributed by atoms with Crippen molar-refractivity contribution in [2.24, 2.45) is 11.7 Å². The fourth-order valence-electron chi connectivity index (χ4n) is 4.02. The SMILES string of the molecule is CC[C@@H](c1cc(N[C@H]2CC[C@H](N)C2)n2ncc(C)c2n1)C1CC1. The van der Waals surface area contributed by atoms with E-state index in [0.717, 1.165) is 48.6 Å². The molecule has 4 rings (SSSR count). The van der Waals surface area contributed by atoms with Crippen LogP contribution in [0.1, 0.15) is 62.6 Å². The summed E-state index contributed by atoms with van der Waals surface area (Å²) in [6.07, 6.45) is 9.06. The minimum atomic E-state index is 0.332. The number of anilines is 1. The highest BCUT2D eigenvalue weighted by Crippen LogP contribution is 2.44. The highest BCUT2D eigenvalue weighted by Gasteiger charge is 2.33. The molecule has 2 saturated carbocycles. The Balaban J connectivity index is 1.72. The van der Waals surface area contributed by atoms with E-state index in [1.54, 1.807) is 0 Å². The molecule has 0 spiro atoms. The molecule has 0 aromatic carbocycles. The lowest BCUT2D eigenvalue weighted by Crippen LogP contribution is -2.22. The number of hydrogen-bond donors (Lipinski definition) is 2. The van der Waals surface area contributed by atoms with Gasteiger partial charge in [0.05, 0.1) is 6.20 Å². The van der Waals surface area contributed by atoms with Crippen molar-refractivity contribution >= 4 is 11.5 Å². The number of fused-ring (bicyclic) bond motifs is 1. The van der Waals surface area contributed by atoms with Crippen LogP contribution >= 0.6 is 0 Å². The molecule has 0 bridgehead atoms. The molecule has 2 fully saturated rings. The Kier molecular flexibility index (Phi) is 3.76. The second-order valence-electron chi connectivity index (χ2n) is 7.40. The van der Waals surface area contributed by atoms with E-state index in [-0.39, 0.29) is 0 Å². The van der Waals surface area contributed by atoms with E-state index in [2.05, 4.69) is 30.3 Å². The van der Waals surface area contributed by atoms with Crippen LogP contribution in [0.2, 0.25) is 0 Å². The van der Waals surface area contributed by atoms with Crippen LogP contribution < -0.4 is 11.1 Å². The molecule has 2 aliphatic rings. The molecular formula is C18H27N5. The summed E-state index contributed by atoms with van der Waals surface area (Å²) >= 11 is 0. The molecule has 5 heteroatoms. The molecule has 0 radical (unpaired) electrons. The number of nitrogens with one attached hydrogen (secondary N) is 1. The first-order valence-electron chi connectivity index (χ1n) is 9.03. The maximum Gasteiger partial charge on any atom is 0.160 e. The van der Waals surface area contributed by atoms with Gasteiger partial charge in [0.2, 0.25) is 0 Å². The largest absolute Gasteiger partial charge is 0.367 e. The van der Waals surface area contributed by atoms with Crippen LogP contribution in [0.5, 0.6) is 0 Å². The molecule has 2 aliphatic carbocycles. The van der Waals surface area contributed by atoms with E-state index in [0.29, 0.717) is 18.0 Å². The van der Waals surface area contributed by atoms with Crippen molar-refractivity contribution in [3.63, 3.8) is 0 Å². The first-order valence-corrected chi connectivity index (χ1v) is 9.03. The summed E-state index contributed by atoms with van der Waals surface area (Å²) in [5.41, 5.74) is 9.44. The van der Waals surface area contributed by atoms with E-state index in [1.165, 1.54) is 18.5 Å². The maximum absolute atomic E-state index is 6.07. The summed E-state index contributed by atoms with van der Waals surface area (Å²) in [7, 11) is 0. The van der Waals surface area contributed by atoms with Gasteiger partial charge in [0, 0.05) is 35.3 Å². The van der Waals surface area contributed by atoms with Gasteiger partial charge < -0.3 is 11.1 Å². The predicted molar refractivity (Wildman–Crippen MR) is 92.7 cm³/mol. The highest BCUT2D eigenvalue weighted by molar-refractivity contribution is 5.54. The van der Waals surface area contributed by atoms with Crippen LogP contribution in [0.15, 0.2) is 12.3 Å². The average molecular weight is 313 g/mol. The number of hydrogen-bond acceptors (Lipinski definition) is 4. The van der Waals surface area contributed by atoms with E-state index in [9.17, 15) is 0 Å². The van der Waals surface area contributed by atoms with E-state index < -0.39 is 0 Å². The molecule has 2 heterocycles. The first kappa shape index (κ1) is 14.9. The van der Waals surface area contributed by atoms with Crippen molar-refractivity contribution in [1.29, 1.82) is 0 Å². The number of rotatable bonds is 5. The molecule has 0 aliphatic heterocycles. The van der Waals surface area contributed by atoms with E-state index >= 15 is 0 Å². The highest BCUT2D eigenvalue weighted by atomic mass is 15.3. The van der Waals surface area contributed by atoms with Crippen LogP contribution in [0.3, 0.4) is 0 Å². The van der Waals surface area contributed by atoms with Crippen molar-refractivity contribution in [3.8, 4) is 0 Å². The second kappa shape index (κ2) is 5.78. The molecule has 3 atom stereocenters. The lowest BCUT2D eigenvalue weighted by atomic mass is 9.96. The zero-order chi connectivity index (χ0) is 16.0. The normalized spacial score (nSPS) is 25.9. The zero-order valence-corrected chi connectivity index (χ0v) is 14.1. The summed E-state index contributed by atoms with van der Waals surface area (Å²) in [5, 5.41) is 8.21. The molecule has 3 N–H and O–H groups in total. The lowest BCUT2D eigenvalue weighted by molar-refractivity contribution is 0.570. The molecule has 124 valence electrons. The quantitative estimate of drug-likeness (QED) is 0.889. The topological polar surface area (TPSA) is 68.2 Å². The lowest BCUT2D eigenvalue weighted by Gasteiger charge is -2.19. The van der Waals surface area contributed by atoms with Gasteiger partial charge in [-0.2, -0.15) is 9.61 Å². The summed E-state index contributed by atoms with van der Waals surface area (Å²) < 4.78 is 1.96. The van der Waals surface area contributed by atoms with Crippen molar-refractivity contribution in [1.82, 2.24) is 14.6 Å². The molecule has 0 amide bonds. The van der Waals surface area contributed by atoms with Crippen molar-refractivity contribution < 1.29 is 0 Å². The molecule has 2 aromatic rings. The molecule has 0 saturated heterocycles. The number of nitrogens with zero attached hydrogens (tertiary/aromatic N) is 3. The van der Waals surface area contributed by atoms with Crippen molar-refractivity contribution in [3.05, 3.63) is 23.5 Å². The molecule has 5 nitrogen and oxygen atoms in total. The number of aromatic nitrogens is 3. The number of nitrogens with two attached hydrogens (primary N) is 1. The monoisotopic (exact) mass is 313 g/mol. The van der Waals surface area contributed by atoms with Gasteiger partial charge in [-0.05, 0) is 51.4 Å². The Morgan fingerprint density at radius 1 is 1.35 bits per heavy atom. The Morgan fingerprint density at radius 2 is 2.17 bits per heavy atom. The van der Waals surface area contributed by atoms with Crippen LogP contribution in [-0.2, 0) is 0 Å². The van der Waals surface area contributed by atoms with Crippen molar-refractivity contribution in [2.45, 2.75) is 70.4 Å². The van der Waals surface area contributed by atoms with Gasteiger partial charge in [0.15, 0.2) is 5.65 Å². The number of aryl methyl sites for hydroxylation is 1. The van der Waals surface area contributed by atoms with E-state index in [1.807, 2.05) is 10.7 Å². The minimum absolute atomic E-state index is 0.332. The van der Waals surface area contributed by atoms with Gasteiger partial charge in [-0.1, -0.05) is 6.92 Å². The average Bonchev–Trinajstić information content (AvgIpc) is 3.18. The third kappa shape index (κ3) is 2.82. The van der Waals surface area contributed by atoms with Gasteiger partial charge in [-0.15, -0.1) is 0 Å². The predicted octanol–water partition coefficient (Wildman–Crippen LogP) is 3.23. The fourth-order valence-corrected chi connectivity index (χ4v) is 4.02. The summed E-state index contributed by atoms with van der Waals surface area (Å²) in [6.45, 7) is 4.37. The fraction of sp³-hybridized carbons (Fsp3) is 0.667. The van der Waals surface area contributed by atoms with Gasteiger partial charge in [0.1, 0.15) is 5.82 Å². The minimum Gasteiger partial charge on any atom is -0.367 e. The molecule has 23 heavy (non-hydrogen) atoms. The zero-order valence-electron chi connectivity index (χ0n) is 14.1. The smallest absolute Gasteiger partial charge is 0.160 e. The maximum atomic E-state index is 6.07. The Hall–Kier alpha value is -1.62. The Bertz CT molecular complexity index is 703. The van der Waals surface area contributed by atoms with Crippen LogP contribution in [0.4, 0.5) is 5.82 Å². The standard InChI is InChI=1S/C18H27N5/c1-3-15(12-4-5-12)16-9-17(21-14-7-6-13(19)8-14)23-18(22-16)11(2)10-20-23/h9-10,12-15,21H,3-8,19H2,1-2H3/t13-,14-,15+/m0/s1. The summed E-state index contributed by atoms with van der Waals surface area (Å²) in [5.74, 6) is 2.49. The third-order valence-electron chi connectivity index (χ3n) is 5.50. The van der Waals surface area contributed by atoms with Gasteiger partial charge >= 0.3 is 0 Å². The summed E-state index contributed by atoms with van der Waals surface area (Å²) in [6, 6.07) is 3.02. The van der Waals surface area contributed by atoms with Gasteiger partial charge in [-0.3, -0.25) is 0 Å².